The first kappa shape index (κ1) is 13.9. The van der Waals surface area contributed by atoms with Gasteiger partial charge in [-0.05, 0) is 59.0 Å². The van der Waals surface area contributed by atoms with Gasteiger partial charge in [0, 0.05) is 16.0 Å². The van der Waals surface area contributed by atoms with Gasteiger partial charge in [0.1, 0.15) is 5.76 Å². The van der Waals surface area contributed by atoms with E-state index in [0.29, 0.717) is 0 Å². The third kappa shape index (κ3) is 3.49. The maximum atomic E-state index is 6.18. The Kier molecular flexibility index (Phi) is 5.09. The Bertz CT molecular complexity index is 499. The number of hydrogen-bond donors (Lipinski definition) is 1. The van der Waals surface area contributed by atoms with Crippen molar-refractivity contribution in [2.24, 2.45) is 0 Å². The molecule has 2 aromatic rings. The molecule has 1 aromatic carbocycles. The zero-order valence-electron chi connectivity index (χ0n) is 10.1. The molecule has 96 valence electrons. The van der Waals surface area contributed by atoms with Crippen molar-refractivity contribution in [3.63, 3.8) is 0 Å². The third-order valence-corrected chi connectivity index (χ3v) is 4.35. The smallest absolute Gasteiger partial charge is 0.105 e. The number of likely N-dealkylation sites (N-methyl/N-ethyl adjacent to an activating group) is 1. The Hall–Kier alpha value is -0.520. The van der Waals surface area contributed by atoms with Gasteiger partial charge in [-0.3, -0.25) is 0 Å². The summed E-state index contributed by atoms with van der Waals surface area (Å²) < 4.78 is 6.49. The number of furan rings is 1. The topological polar surface area (TPSA) is 25.2 Å². The first-order chi connectivity index (χ1) is 8.70. The molecule has 0 aliphatic heterocycles. The highest BCUT2D eigenvalue weighted by Gasteiger charge is 2.13. The summed E-state index contributed by atoms with van der Waals surface area (Å²) in [4.78, 5) is 0. The van der Waals surface area contributed by atoms with Crippen LogP contribution in [0, 0.1) is 3.57 Å². The fraction of sp³-hybridized carbons (Fsp3) is 0.286. The van der Waals surface area contributed by atoms with Crippen molar-refractivity contribution < 1.29 is 4.42 Å². The zero-order valence-corrected chi connectivity index (χ0v) is 13.0. The van der Waals surface area contributed by atoms with Gasteiger partial charge in [-0.25, -0.2) is 0 Å². The molecule has 2 nitrogen and oxygen atoms in total. The summed E-state index contributed by atoms with van der Waals surface area (Å²) in [7, 11) is 0. The van der Waals surface area contributed by atoms with Crippen molar-refractivity contribution in [1.82, 2.24) is 5.32 Å². The number of halogens is 2. The molecular formula is C14H15ClINO. The minimum Gasteiger partial charge on any atom is -0.469 e. The molecule has 2 rings (SSSR count). The molecule has 0 fully saturated rings. The first-order valence-electron chi connectivity index (χ1n) is 5.91. The van der Waals surface area contributed by atoms with E-state index in [1.165, 1.54) is 5.56 Å². The average molecular weight is 376 g/mol. The van der Waals surface area contributed by atoms with Crippen LogP contribution in [-0.4, -0.2) is 6.54 Å². The van der Waals surface area contributed by atoms with Gasteiger partial charge in [-0.2, -0.15) is 0 Å². The van der Waals surface area contributed by atoms with Crippen LogP contribution < -0.4 is 5.32 Å². The normalized spacial score (nSPS) is 12.6. The van der Waals surface area contributed by atoms with Crippen LogP contribution >= 0.6 is 34.2 Å². The fourth-order valence-corrected chi connectivity index (χ4v) is 2.44. The molecule has 0 aliphatic rings. The first-order valence-corrected chi connectivity index (χ1v) is 7.37. The maximum absolute atomic E-state index is 6.18. The van der Waals surface area contributed by atoms with Gasteiger partial charge in [0.15, 0.2) is 0 Å². The van der Waals surface area contributed by atoms with Crippen molar-refractivity contribution in [3.8, 4) is 0 Å². The van der Waals surface area contributed by atoms with Crippen LogP contribution in [0.1, 0.15) is 24.3 Å². The molecule has 1 atom stereocenters. The van der Waals surface area contributed by atoms with E-state index in [0.717, 1.165) is 27.3 Å². The Labute approximate surface area is 126 Å². The summed E-state index contributed by atoms with van der Waals surface area (Å²) in [5.41, 5.74) is 1.19. The molecule has 0 saturated carbocycles. The Balaban J connectivity index is 2.20. The SMILES string of the molecule is CCNC(Cc1ccco1)c1ccc(I)c(Cl)c1. The van der Waals surface area contributed by atoms with Crippen molar-refractivity contribution in [2.45, 2.75) is 19.4 Å². The van der Waals surface area contributed by atoms with Crippen LogP contribution in [0.2, 0.25) is 5.02 Å². The molecule has 0 radical (unpaired) electrons. The molecule has 18 heavy (non-hydrogen) atoms. The lowest BCUT2D eigenvalue weighted by molar-refractivity contribution is 0.455. The molecule has 0 spiro atoms. The van der Waals surface area contributed by atoms with E-state index in [-0.39, 0.29) is 6.04 Å². The highest BCUT2D eigenvalue weighted by Crippen LogP contribution is 2.25. The molecule has 1 heterocycles. The molecular weight excluding hydrogens is 361 g/mol. The van der Waals surface area contributed by atoms with Crippen LogP contribution in [0.5, 0.6) is 0 Å². The van der Waals surface area contributed by atoms with Crippen LogP contribution in [0.4, 0.5) is 0 Å². The van der Waals surface area contributed by atoms with E-state index < -0.39 is 0 Å². The highest BCUT2D eigenvalue weighted by molar-refractivity contribution is 14.1. The van der Waals surface area contributed by atoms with E-state index in [2.05, 4.69) is 40.9 Å². The van der Waals surface area contributed by atoms with Gasteiger partial charge in [-0.1, -0.05) is 24.6 Å². The van der Waals surface area contributed by atoms with Gasteiger partial charge in [0.25, 0.3) is 0 Å². The van der Waals surface area contributed by atoms with Crippen LogP contribution in [0.25, 0.3) is 0 Å². The Morgan fingerprint density at radius 3 is 2.83 bits per heavy atom. The second-order valence-corrected chi connectivity index (χ2v) is 5.64. The molecule has 0 bridgehead atoms. The van der Waals surface area contributed by atoms with Crippen molar-refractivity contribution in [1.29, 1.82) is 0 Å². The van der Waals surface area contributed by atoms with Gasteiger partial charge in [0.2, 0.25) is 0 Å². The number of nitrogens with one attached hydrogen (secondary N) is 1. The quantitative estimate of drug-likeness (QED) is 0.782. The van der Waals surface area contributed by atoms with Crippen molar-refractivity contribution >= 4 is 34.2 Å². The predicted molar refractivity (Wildman–Crippen MR) is 83.0 cm³/mol. The van der Waals surface area contributed by atoms with Gasteiger partial charge < -0.3 is 9.73 Å². The van der Waals surface area contributed by atoms with E-state index in [4.69, 9.17) is 16.0 Å². The van der Waals surface area contributed by atoms with Crippen LogP contribution in [0.3, 0.4) is 0 Å². The summed E-state index contributed by atoms with van der Waals surface area (Å²) in [6, 6.07) is 10.3. The van der Waals surface area contributed by atoms with Gasteiger partial charge >= 0.3 is 0 Å². The maximum Gasteiger partial charge on any atom is 0.105 e. The standard InChI is InChI=1S/C14H15ClINO/c1-2-17-14(9-11-4-3-7-18-11)10-5-6-13(16)12(15)8-10/h3-8,14,17H,2,9H2,1H3. The number of hydrogen-bond acceptors (Lipinski definition) is 2. The molecule has 0 saturated heterocycles. The van der Waals surface area contributed by atoms with E-state index in [1.807, 2.05) is 24.3 Å². The second-order valence-electron chi connectivity index (χ2n) is 4.07. The summed E-state index contributed by atoms with van der Waals surface area (Å²) >= 11 is 8.42. The predicted octanol–water partition coefficient (Wildman–Crippen LogP) is 4.43. The highest BCUT2D eigenvalue weighted by atomic mass is 127. The minimum atomic E-state index is 0.232. The summed E-state index contributed by atoms with van der Waals surface area (Å²) in [5, 5.41) is 4.26. The minimum absolute atomic E-state index is 0.232. The van der Waals surface area contributed by atoms with Gasteiger partial charge in [-0.15, -0.1) is 0 Å². The zero-order chi connectivity index (χ0) is 13.0. The summed E-state index contributed by atoms with van der Waals surface area (Å²) in [5.74, 6) is 0.982. The lowest BCUT2D eigenvalue weighted by Gasteiger charge is -2.17. The summed E-state index contributed by atoms with van der Waals surface area (Å²) in [6.07, 6.45) is 2.54. The third-order valence-electron chi connectivity index (χ3n) is 2.78. The summed E-state index contributed by atoms with van der Waals surface area (Å²) in [6.45, 7) is 3.01. The molecule has 0 aliphatic carbocycles. The molecule has 1 N–H and O–H groups in total. The van der Waals surface area contributed by atoms with Crippen molar-refractivity contribution in [3.05, 3.63) is 56.5 Å². The number of rotatable bonds is 5. The molecule has 1 unspecified atom stereocenters. The fourth-order valence-electron chi connectivity index (χ4n) is 1.91. The molecule has 0 amide bonds. The van der Waals surface area contributed by atoms with E-state index in [9.17, 15) is 0 Å². The largest absolute Gasteiger partial charge is 0.469 e. The Morgan fingerprint density at radius 1 is 1.39 bits per heavy atom. The Morgan fingerprint density at radius 2 is 2.22 bits per heavy atom. The average Bonchev–Trinajstić information content (AvgIpc) is 2.85. The van der Waals surface area contributed by atoms with E-state index >= 15 is 0 Å². The van der Waals surface area contributed by atoms with Crippen LogP contribution in [-0.2, 0) is 6.42 Å². The lowest BCUT2D eigenvalue weighted by Crippen LogP contribution is -2.22. The van der Waals surface area contributed by atoms with Crippen LogP contribution in [0.15, 0.2) is 41.0 Å². The molecule has 1 aromatic heterocycles. The molecule has 4 heteroatoms. The number of benzene rings is 1. The second kappa shape index (κ2) is 6.59. The van der Waals surface area contributed by atoms with Gasteiger partial charge in [0.05, 0.1) is 11.3 Å². The lowest BCUT2D eigenvalue weighted by atomic mass is 10.0. The monoisotopic (exact) mass is 375 g/mol. The van der Waals surface area contributed by atoms with Crippen molar-refractivity contribution in [2.75, 3.05) is 6.54 Å². The van der Waals surface area contributed by atoms with E-state index in [1.54, 1.807) is 6.26 Å².